The van der Waals surface area contributed by atoms with Crippen molar-refractivity contribution in [1.82, 2.24) is 4.90 Å². The molecular weight excluding hydrogens is 344 g/mol. The quantitative estimate of drug-likeness (QED) is 0.859. The Labute approximate surface area is 161 Å². The van der Waals surface area contributed by atoms with Crippen LogP contribution in [0.2, 0.25) is 0 Å². The maximum atomic E-state index is 12.8. The van der Waals surface area contributed by atoms with E-state index in [1.54, 1.807) is 32.4 Å². The van der Waals surface area contributed by atoms with Gasteiger partial charge in [-0.2, -0.15) is 0 Å². The maximum Gasteiger partial charge on any atom is 0.229 e. The molecule has 148 valence electrons. The van der Waals surface area contributed by atoms with Crippen LogP contribution in [0.5, 0.6) is 11.5 Å². The maximum absolute atomic E-state index is 12.8. The van der Waals surface area contributed by atoms with Crippen molar-refractivity contribution < 1.29 is 19.1 Å². The molecule has 2 amide bonds. The molecule has 1 aliphatic carbocycles. The lowest BCUT2D eigenvalue weighted by molar-refractivity contribution is -0.131. The Bertz CT molecular complexity index is 705. The molecule has 0 radical (unpaired) electrons. The lowest BCUT2D eigenvalue weighted by Gasteiger charge is -2.40. The van der Waals surface area contributed by atoms with E-state index < -0.39 is 0 Å². The van der Waals surface area contributed by atoms with Crippen LogP contribution in [0, 0.1) is 17.8 Å². The van der Waals surface area contributed by atoms with Crippen molar-refractivity contribution in [3.63, 3.8) is 0 Å². The van der Waals surface area contributed by atoms with Crippen LogP contribution in [0.3, 0.4) is 0 Å². The Morgan fingerprint density at radius 3 is 2.67 bits per heavy atom. The van der Waals surface area contributed by atoms with Gasteiger partial charge in [0, 0.05) is 25.1 Å². The second-order valence-corrected chi connectivity index (χ2v) is 7.84. The van der Waals surface area contributed by atoms with Crippen molar-refractivity contribution in [2.45, 2.75) is 45.6 Å². The topological polar surface area (TPSA) is 67.9 Å². The molecule has 1 heterocycles. The first-order valence-corrected chi connectivity index (χ1v) is 9.77. The minimum Gasteiger partial charge on any atom is -0.497 e. The standard InChI is InChI=1S/C21H30N2O4/c1-13-6-5-7-18(14(13)2)23-12-15(10-20(23)24)21(25)22-17-9-8-16(26-3)11-19(17)27-4/h8-9,11,13-15,18H,5-7,10,12H2,1-4H3,(H,22,25)/t13-,14+,15+,18+/m0/s1. The van der Waals surface area contributed by atoms with Gasteiger partial charge in [0.2, 0.25) is 11.8 Å². The largest absolute Gasteiger partial charge is 0.497 e. The van der Waals surface area contributed by atoms with Crippen molar-refractivity contribution >= 4 is 17.5 Å². The van der Waals surface area contributed by atoms with Gasteiger partial charge < -0.3 is 19.7 Å². The first-order chi connectivity index (χ1) is 12.9. The Hall–Kier alpha value is -2.24. The van der Waals surface area contributed by atoms with Crippen molar-refractivity contribution in [3.8, 4) is 11.5 Å². The molecule has 1 saturated heterocycles. The summed E-state index contributed by atoms with van der Waals surface area (Å²) < 4.78 is 10.5. The molecule has 6 nitrogen and oxygen atoms in total. The predicted octanol–water partition coefficient (Wildman–Crippen LogP) is 3.32. The summed E-state index contributed by atoms with van der Waals surface area (Å²) in [7, 11) is 3.13. The van der Waals surface area contributed by atoms with E-state index in [1.165, 1.54) is 6.42 Å². The predicted molar refractivity (Wildman–Crippen MR) is 104 cm³/mol. The highest BCUT2D eigenvalue weighted by atomic mass is 16.5. The minimum absolute atomic E-state index is 0.0998. The SMILES string of the molecule is COc1ccc(NC(=O)[C@@H]2CC(=O)N([C@@H]3CCC[C@H](C)[C@H]3C)C2)c(OC)c1. The van der Waals surface area contributed by atoms with Gasteiger partial charge in [0.25, 0.3) is 0 Å². The van der Waals surface area contributed by atoms with Crippen molar-refractivity contribution in [3.05, 3.63) is 18.2 Å². The van der Waals surface area contributed by atoms with Gasteiger partial charge in [-0.1, -0.05) is 26.7 Å². The molecule has 2 fully saturated rings. The molecule has 1 aromatic rings. The van der Waals surface area contributed by atoms with Crippen LogP contribution < -0.4 is 14.8 Å². The number of hydrogen-bond acceptors (Lipinski definition) is 4. The first kappa shape index (κ1) is 19.5. The summed E-state index contributed by atoms with van der Waals surface area (Å²) in [5.74, 6) is 1.94. The molecule has 1 N–H and O–H groups in total. The number of nitrogens with one attached hydrogen (secondary N) is 1. The molecule has 1 aliphatic heterocycles. The Kier molecular flexibility index (Phi) is 5.92. The Morgan fingerprint density at radius 2 is 1.96 bits per heavy atom. The van der Waals surface area contributed by atoms with Crippen molar-refractivity contribution in [1.29, 1.82) is 0 Å². The first-order valence-electron chi connectivity index (χ1n) is 9.77. The lowest BCUT2D eigenvalue weighted by atomic mass is 9.77. The van der Waals surface area contributed by atoms with Gasteiger partial charge in [-0.3, -0.25) is 9.59 Å². The Morgan fingerprint density at radius 1 is 1.19 bits per heavy atom. The average molecular weight is 374 g/mol. The molecule has 0 spiro atoms. The number of anilines is 1. The molecule has 0 unspecified atom stereocenters. The van der Waals surface area contributed by atoms with E-state index in [-0.39, 0.29) is 30.2 Å². The van der Waals surface area contributed by atoms with E-state index in [9.17, 15) is 9.59 Å². The molecule has 0 aromatic heterocycles. The van der Waals surface area contributed by atoms with E-state index >= 15 is 0 Å². The summed E-state index contributed by atoms with van der Waals surface area (Å²) >= 11 is 0. The zero-order valence-electron chi connectivity index (χ0n) is 16.7. The van der Waals surface area contributed by atoms with Crippen LogP contribution in [0.15, 0.2) is 18.2 Å². The number of carbonyl (C=O) groups excluding carboxylic acids is 2. The minimum atomic E-state index is -0.325. The summed E-state index contributed by atoms with van der Waals surface area (Å²) in [5.41, 5.74) is 0.592. The molecule has 1 saturated carbocycles. The number of amides is 2. The molecule has 4 atom stereocenters. The van der Waals surface area contributed by atoms with E-state index in [1.807, 2.05) is 4.90 Å². The highest BCUT2D eigenvalue weighted by Gasteiger charge is 2.41. The van der Waals surface area contributed by atoms with Crippen LogP contribution in [-0.2, 0) is 9.59 Å². The summed E-state index contributed by atoms with van der Waals surface area (Å²) in [6.07, 6.45) is 3.69. The highest BCUT2D eigenvalue weighted by Crippen LogP contribution is 2.36. The van der Waals surface area contributed by atoms with E-state index in [2.05, 4.69) is 19.2 Å². The number of hydrogen-bond donors (Lipinski definition) is 1. The normalized spacial score (nSPS) is 28.1. The number of nitrogens with zero attached hydrogens (tertiary/aromatic N) is 1. The Balaban J connectivity index is 1.67. The molecule has 3 rings (SSSR count). The van der Waals surface area contributed by atoms with Gasteiger partial charge in [-0.15, -0.1) is 0 Å². The number of rotatable bonds is 5. The summed E-state index contributed by atoms with van der Waals surface area (Å²) in [6.45, 7) is 5.00. The zero-order chi connectivity index (χ0) is 19.6. The van der Waals surface area contributed by atoms with Crippen LogP contribution in [0.1, 0.15) is 39.5 Å². The smallest absolute Gasteiger partial charge is 0.229 e. The van der Waals surface area contributed by atoms with Gasteiger partial charge in [0.15, 0.2) is 0 Å². The van der Waals surface area contributed by atoms with Gasteiger partial charge in [0.1, 0.15) is 11.5 Å². The van der Waals surface area contributed by atoms with Crippen LogP contribution in [-0.4, -0.2) is 43.5 Å². The van der Waals surface area contributed by atoms with Crippen LogP contribution in [0.4, 0.5) is 5.69 Å². The molecule has 6 heteroatoms. The zero-order valence-corrected chi connectivity index (χ0v) is 16.7. The summed E-state index contributed by atoms with van der Waals surface area (Å²) in [4.78, 5) is 27.3. The third kappa shape index (κ3) is 4.04. The van der Waals surface area contributed by atoms with Gasteiger partial charge in [-0.25, -0.2) is 0 Å². The van der Waals surface area contributed by atoms with Crippen LogP contribution >= 0.6 is 0 Å². The number of ether oxygens (including phenoxy) is 2. The average Bonchev–Trinajstić information content (AvgIpc) is 3.06. The number of carbonyl (C=O) groups is 2. The van der Waals surface area contributed by atoms with Gasteiger partial charge in [0.05, 0.1) is 25.8 Å². The van der Waals surface area contributed by atoms with Gasteiger partial charge in [-0.05, 0) is 30.4 Å². The fourth-order valence-corrected chi connectivity index (χ4v) is 4.36. The second-order valence-electron chi connectivity index (χ2n) is 7.84. The third-order valence-corrected chi connectivity index (χ3v) is 6.26. The molecule has 0 bridgehead atoms. The lowest BCUT2D eigenvalue weighted by Crippen LogP contribution is -2.45. The third-order valence-electron chi connectivity index (χ3n) is 6.26. The fraction of sp³-hybridized carbons (Fsp3) is 0.619. The van der Waals surface area contributed by atoms with Crippen LogP contribution in [0.25, 0.3) is 0 Å². The summed E-state index contributed by atoms with van der Waals surface area (Å²) in [6, 6.07) is 5.52. The number of methoxy groups -OCH3 is 2. The number of benzene rings is 1. The fourth-order valence-electron chi connectivity index (χ4n) is 4.36. The van der Waals surface area contributed by atoms with Crippen molar-refractivity contribution in [2.75, 3.05) is 26.1 Å². The molecular formula is C21H30N2O4. The van der Waals surface area contributed by atoms with E-state index in [0.29, 0.717) is 35.6 Å². The van der Waals surface area contributed by atoms with Gasteiger partial charge >= 0.3 is 0 Å². The van der Waals surface area contributed by atoms with E-state index in [0.717, 1.165) is 12.8 Å². The molecule has 2 aliphatic rings. The van der Waals surface area contributed by atoms with E-state index in [4.69, 9.17) is 9.47 Å². The second kappa shape index (κ2) is 8.19. The number of likely N-dealkylation sites (tertiary alicyclic amines) is 1. The highest BCUT2D eigenvalue weighted by molar-refractivity contribution is 5.98. The van der Waals surface area contributed by atoms with Crippen molar-refractivity contribution in [2.24, 2.45) is 17.8 Å². The monoisotopic (exact) mass is 374 g/mol. The summed E-state index contributed by atoms with van der Waals surface area (Å²) in [5, 5.41) is 2.92. The molecule has 27 heavy (non-hydrogen) atoms. The molecule has 1 aromatic carbocycles.